The quantitative estimate of drug-likeness (QED) is 0.0763. The second kappa shape index (κ2) is 31.2. The molecule has 0 atom stereocenters. The Balaban J connectivity index is 0.000000139. The lowest BCUT2D eigenvalue weighted by Crippen LogP contribution is -2.77. The molecular weight excluding hydrogens is 1690 g/mol. The highest BCUT2D eigenvalue weighted by Crippen LogP contribution is 2.59. The largest absolute Gasteiger partial charge is 0.456 e. The molecule has 4 aliphatic heterocycles. The van der Waals surface area contributed by atoms with Crippen molar-refractivity contribution < 1.29 is 8.83 Å². The molecule has 0 unspecified atom stereocenters. The summed E-state index contributed by atoms with van der Waals surface area (Å²) in [6.07, 6.45) is 0. The average molecular weight is 1770 g/mol. The van der Waals surface area contributed by atoms with Crippen molar-refractivity contribution in [2.75, 3.05) is 29.4 Å². The van der Waals surface area contributed by atoms with Gasteiger partial charge in [0.1, 0.15) is 22.3 Å². The van der Waals surface area contributed by atoms with Crippen LogP contribution in [0.4, 0.5) is 102 Å². The Morgan fingerprint density at radius 3 is 0.890 bits per heavy atom. The Bertz CT molecular complexity index is 8780. The van der Waals surface area contributed by atoms with Crippen molar-refractivity contribution in [3.8, 4) is 0 Å². The minimum absolute atomic E-state index is 0.868. The zero-order chi connectivity index (χ0) is 89.9. The lowest BCUT2D eigenvalue weighted by Gasteiger charge is -2.45. The summed E-state index contributed by atoms with van der Waals surface area (Å²) in [7, 11) is -5.63. The van der Waals surface area contributed by atoms with E-state index in [2.05, 4.69) is 522 Å². The number of fused-ring (bicyclic) bond motifs is 19. The summed E-state index contributed by atoms with van der Waals surface area (Å²) in [5.74, 6) is 0. The molecule has 0 radical (unpaired) electrons. The van der Waals surface area contributed by atoms with Crippen molar-refractivity contribution in [1.82, 2.24) is 0 Å². The minimum Gasteiger partial charge on any atom is -0.456 e. The van der Waals surface area contributed by atoms with Gasteiger partial charge in [-0.25, -0.2) is 0 Å². The van der Waals surface area contributed by atoms with E-state index in [0.717, 1.165) is 118 Å². The molecule has 0 bridgehead atoms. The number of hydrogen-bond donors (Lipinski definition) is 0. The molecule has 0 spiro atoms. The van der Waals surface area contributed by atoms with Crippen LogP contribution in [-0.2, 0) is 0 Å². The SMILES string of the molecule is Cc1ccc2c(c1)N(c1ccccc1)c1cc(C)ccc1N2c1ccc2cc3cc(N4c5ccccc5N(c5ccccc5)c5cc6c(cc54)oc4ccccc46)ccc3cc2c1.c1ccc([Si]2(c3ccccc3)c3ccccc3N(c3ccc4c(ccc5cc(N6c7ccccc7[Si](c7ccccc7)(c7ccccc7)c7cc8c(cc76)oc6ccccc68)ccc54)c3)c3ccccc32)cc1. The Morgan fingerprint density at radius 1 is 0.154 bits per heavy atom. The smallest absolute Gasteiger partial charge is 0.184 e. The Morgan fingerprint density at radius 2 is 0.449 bits per heavy atom. The van der Waals surface area contributed by atoms with Gasteiger partial charge in [-0.2, -0.15) is 0 Å². The van der Waals surface area contributed by atoms with Gasteiger partial charge in [-0.15, -0.1) is 0 Å². The number of benzene rings is 22. The number of para-hydroxylation sites is 9. The van der Waals surface area contributed by atoms with Crippen molar-refractivity contribution in [1.29, 1.82) is 0 Å². The van der Waals surface area contributed by atoms with E-state index in [9.17, 15) is 0 Å². The van der Waals surface area contributed by atoms with Crippen molar-refractivity contribution in [3.63, 3.8) is 0 Å². The normalized spacial score (nSPS) is 13.7. The van der Waals surface area contributed by atoms with E-state index in [-0.39, 0.29) is 0 Å². The molecule has 8 nitrogen and oxygen atoms in total. The molecule has 640 valence electrons. The zero-order valence-electron chi connectivity index (χ0n) is 74.7. The van der Waals surface area contributed by atoms with E-state index >= 15 is 0 Å². The first kappa shape index (κ1) is 78.5. The molecule has 0 amide bonds. The summed E-state index contributed by atoms with van der Waals surface area (Å²) in [5, 5.41) is 25.1. The van der Waals surface area contributed by atoms with Gasteiger partial charge in [-0.1, -0.05) is 309 Å². The highest BCUT2D eigenvalue weighted by atomic mass is 28.3. The van der Waals surface area contributed by atoms with Gasteiger partial charge in [0.15, 0.2) is 16.1 Å². The van der Waals surface area contributed by atoms with E-state index in [1.54, 1.807) is 0 Å². The number of hydrogen-bond acceptors (Lipinski definition) is 8. The molecule has 4 aliphatic rings. The molecule has 0 saturated heterocycles. The Kier molecular flexibility index (Phi) is 18.0. The molecule has 10 heteroatoms. The van der Waals surface area contributed by atoms with Crippen LogP contribution in [0.2, 0.25) is 0 Å². The molecule has 28 rings (SSSR count). The van der Waals surface area contributed by atoms with E-state index in [1.807, 2.05) is 6.07 Å². The Labute approximate surface area is 789 Å². The van der Waals surface area contributed by atoms with Gasteiger partial charge < -0.3 is 38.2 Å². The first-order valence-corrected chi connectivity index (χ1v) is 50.8. The van der Waals surface area contributed by atoms with Crippen LogP contribution in [0.1, 0.15) is 11.1 Å². The molecule has 136 heavy (non-hydrogen) atoms. The van der Waals surface area contributed by atoms with E-state index in [4.69, 9.17) is 8.83 Å². The lowest BCUT2D eigenvalue weighted by molar-refractivity contribution is 0.668. The number of aryl methyl sites for hydroxylation is 2. The molecule has 24 aromatic rings. The lowest BCUT2D eigenvalue weighted by atomic mass is 9.99. The fourth-order valence-electron chi connectivity index (χ4n) is 23.0. The first-order valence-electron chi connectivity index (χ1n) is 46.8. The summed E-state index contributed by atoms with van der Waals surface area (Å²) >= 11 is 0. The Hall–Kier alpha value is -17.3. The van der Waals surface area contributed by atoms with Crippen molar-refractivity contribution in [2.45, 2.75) is 13.8 Å². The van der Waals surface area contributed by atoms with Crippen LogP contribution in [0.15, 0.2) is 494 Å². The monoisotopic (exact) mass is 1770 g/mol. The number of anilines is 18. The van der Waals surface area contributed by atoms with Gasteiger partial charge in [0, 0.05) is 84.9 Å². The average Bonchev–Trinajstić information content (AvgIpc) is 1.01. The summed E-state index contributed by atoms with van der Waals surface area (Å²) < 4.78 is 13.2. The fourth-order valence-corrected chi connectivity index (χ4v) is 33.2. The topological polar surface area (TPSA) is 45.7 Å². The number of furan rings is 2. The molecular formula is C126H86N6O2Si2. The van der Waals surface area contributed by atoms with Gasteiger partial charge in [0.2, 0.25) is 0 Å². The maximum atomic E-state index is 6.72. The fraction of sp³-hybridized carbons (Fsp3) is 0.0159. The van der Waals surface area contributed by atoms with E-state index in [0.29, 0.717) is 0 Å². The first-order chi connectivity index (χ1) is 67.2. The van der Waals surface area contributed by atoms with Crippen molar-refractivity contribution >= 4 is 247 Å². The molecule has 0 aliphatic carbocycles. The van der Waals surface area contributed by atoms with Crippen LogP contribution in [0.5, 0.6) is 0 Å². The molecule has 2 aromatic heterocycles. The standard InChI is InChI=1S/C68H46N2OSi2.C58H40N4O/c1-5-21-51(22-6-1)72(52-23-7-2-8-24-52)65-34-18-14-30-59(65)69(60-31-15-19-35-66(60)72)49-39-41-55-47(43-49)37-38-48-44-50(40-42-56(48)55)70-61-32-16-20-36-67(61)73(53-25-9-3-10-26-53,54-27-11-4-12-28-54)68-45-58-57-29-13-17-33-63(57)71-64(58)46-62(68)70;1-37-21-27-51-53(29-37)60(44-15-7-4-8-16-44)54-30-38(2)22-28-52(54)61(51)45-25-23-39-32-42-34-46(26-24-40(42)31-41(39)33-45)62-50-19-11-10-18-49(50)59(43-13-5-3-6-14-43)55-35-48-47-17-9-12-20-57(47)63-58(48)36-56(55)62/h1-46H;3-36H,1-2H3. The summed E-state index contributed by atoms with van der Waals surface area (Å²) in [5.41, 5.74) is 26.6. The van der Waals surface area contributed by atoms with Gasteiger partial charge in [-0.3, -0.25) is 0 Å². The summed E-state index contributed by atoms with van der Waals surface area (Å²) in [4.78, 5) is 14.6. The zero-order valence-corrected chi connectivity index (χ0v) is 76.7. The van der Waals surface area contributed by atoms with Crippen molar-refractivity contribution in [3.05, 3.63) is 496 Å². The molecule has 0 fully saturated rings. The van der Waals surface area contributed by atoms with Crippen LogP contribution in [0.3, 0.4) is 0 Å². The molecule has 22 aromatic carbocycles. The van der Waals surface area contributed by atoms with Gasteiger partial charge in [-0.05, 0) is 273 Å². The van der Waals surface area contributed by atoms with Gasteiger partial charge >= 0.3 is 0 Å². The molecule has 0 N–H and O–H groups in total. The summed E-state index contributed by atoms with van der Waals surface area (Å²) in [6, 6.07) is 179. The van der Waals surface area contributed by atoms with Crippen LogP contribution >= 0.6 is 0 Å². The highest BCUT2D eigenvalue weighted by Gasteiger charge is 2.51. The maximum absolute atomic E-state index is 6.72. The second-order valence-electron chi connectivity index (χ2n) is 36.4. The van der Waals surface area contributed by atoms with E-state index < -0.39 is 16.1 Å². The maximum Gasteiger partial charge on any atom is 0.184 e. The third-order valence-corrected chi connectivity index (χ3v) is 38.5. The molecule has 6 heterocycles. The van der Waals surface area contributed by atoms with Crippen LogP contribution < -0.4 is 70.9 Å². The number of rotatable bonds is 10. The van der Waals surface area contributed by atoms with Crippen LogP contribution in [0.25, 0.3) is 87.0 Å². The highest BCUT2D eigenvalue weighted by molar-refractivity contribution is 7.22. The van der Waals surface area contributed by atoms with Gasteiger partial charge in [0.05, 0.1) is 51.2 Å². The minimum atomic E-state index is -2.91. The van der Waals surface area contributed by atoms with Gasteiger partial charge in [0.25, 0.3) is 0 Å². The third kappa shape index (κ3) is 12.1. The second-order valence-corrected chi connectivity index (χ2v) is 43.8. The predicted molar refractivity (Wildman–Crippen MR) is 577 cm³/mol. The molecule has 0 saturated carbocycles. The van der Waals surface area contributed by atoms with Crippen LogP contribution in [-0.4, -0.2) is 16.1 Å². The third-order valence-electron chi connectivity index (χ3n) is 28.8. The van der Waals surface area contributed by atoms with E-state index in [1.165, 1.54) is 124 Å². The van der Waals surface area contributed by atoms with Crippen molar-refractivity contribution in [2.24, 2.45) is 0 Å². The summed E-state index contributed by atoms with van der Waals surface area (Å²) in [6.45, 7) is 4.35. The van der Waals surface area contributed by atoms with Crippen LogP contribution in [0, 0.1) is 13.8 Å². The predicted octanol–water partition coefficient (Wildman–Crippen LogP) is 29.2. The number of nitrogens with zero attached hydrogens (tertiary/aromatic N) is 6.